The molecule has 4 nitrogen and oxygen atoms in total. The van der Waals surface area contributed by atoms with Gasteiger partial charge in [-0.05, 0) is 37.6 Å². The summed E-state index contributed by atoms with van der Waals surface area (Å²) in [7, 11) is 0. The molecule has 3 heterocycles. The van der Waals surface area contributed by atoms with E-state index < -0.39 is 0 Å². The van der Waals surface area contributed by atoms with Gasteiger partial charge in [-0.25, -0.2) is 0 Å². The maximum atomic E-state index is 6.11. The first kappa shape index (κ1) is 12.8. The first-order valence-electron chi connectivity index (χ1n) is 6.87. The summed E-state index contributed by atoms with van der Waals surface area (Å²) in [5.41, 5.74) is 7.21. The quantitative estimate of drug-likeness (QED) is 0.905. The van der Waals surface area contributed by atoms with Crippen molar-refractivity contribution in [3.63, 3.8) is 0 Å². The van der Waals surface area contributed by atoms with Crippen LogP contribution >= 0.6 is 11.3 Å². The molecule has 2 aromatic heterocycles. The molecule has 1 atom stereocenters. The molecule has 102 valence electrons. The number of hydrogen-bond donors (Lipinski definition) is 2. The van der Waals surface area contributed by atoms with E-state index in [4.69, 9.17) is 5.73 Å². The molecule has 0 aromatic carbocycles. The Labute approximate surface area is 117 Å². The molecule has 3 N–H and O–H groups in total. The first-order chi connectivity index (χ1) is 9.31. The largest absolute Gasteiger partial charge is 0.327 e. The highest BCUT2D eigenvalue weighted by Gasteiger charge is 2.16. The predicted molar refractivity (Wildman–Crippen MR) is 79.0 cm³/mol. The van der Waals surface area contributed by atoms with Gasteiger partial charge in [0.15, 0.2) is 0 Å². The van der Waals surface area contributed by atoms with Crippen molar-refractivity contribution >= 4 is 11.3 Å². The Morgan fingerprint density at radius 1 is 1.37 bits per heavy atom. The lowest BCUT2D eigenvalue weighted by Crippen LogP contribution is -2.35. The second kappa shape index (κ2) is 5.86. The Bertz CT molecular complexity index is 505. The Morgan fingerprint density at radius 3 is 3.16 bits per heavy atom. The molecule has 1 fully saturated rings. The van der Waals surface area contributed by atoms with E-state index in [0.717, 1.165) is 18.8 Å². The lowest BCUT2D eigenvalue weighted by atomic mass is 10.2. The molecule has 3 rings (SSSR count). The minimum atomic E-state index is 0.342. The van der Waals surface area contributed by atoms with Crippen LogP contribution in [0.4, 0.5) is 0 Å². The highest BCUT2D eigenvalue weighted by Crippen LogP contribution is 2.27. The lowest BCUT2D eigenvalue weighted by molar-refractivity contribution is 0.267. The van der Waals surface area contributed by atoms with Crippen LogP contribution in [0, 0.1) is 0 Å². The summed E-state index contributed by atoms with van der Waals surface area (Å²) in [5.74, 6) is 0. The summed E-state index contributed by atoms with van der Waals surface area (Å²) < 4.78 is 0. The number of rotatable bonds is 3. The highest BCUT2D eigenvalue weighted by molar-refractivity contribution is 7.15. The van der Waals surface area contributed by atoms with Gasteiger partial charge in [0.25, 0.3) is 0 Å². The highest BCUT2D eigenvalue weighted by atomic mass is 32.1. The number of nitrogens with two attached hydrogens (primary N) is 1. The van der Waals surface area contributed by atoms with E-state index in [9.17, 15) is 0 Å². The fraction of sp³-hybridized carbons (Fsp3) is 0.500. The number of nitrogens with zero attached hydrogens (tertiary/aromatic N) is 2. The van der Waals surface area contributed by atoms with Crippen LogP contribution in [-0.4, -0.2) is 34.2 Å². The Hall–Kier alpha value is -1.17. The monoisotopic (exact) mass is 276 g/mol. The van der Waals surface area contributed by atoms with Crippen molar-refractivity contribution in [2.75, 3.05) is 13.1 Å². The maximum absolute atomic E-state index is 6.11. The third-order valence-corrected chi connectivity index (χ3v) is 4.70. The SMILES string of the molecule is N[C@H]1CCCCN(Cc2ccc(-c3ccn[nH]3)s2)C1. The van der Waals surface area contributed by atoms with Crippen LogP contribution in [0.5, 0.6) is 0 Å². The van der Waals surface area contributed by atoms with E-state index in [1.165, 1.54) is 35.6 Å². The molecule has 0 radical (unpaired) electrons. The molecule has 1 aliphatic rings. The standard InChI is InChI=1S/C14H20N4S/c15-11-3-1-2-8-18(9-11)10-12-4-5-14(19-12)13-6-7-16-17-13/h4-7,11H,1-3,8-10,15H2,(H,16,17)/t11-/m0/s1. The third-order valence-electron chi connectivity index (χ3n) is 3.60. The van der Waals surface area contributed by atoms with Crippen molar-refractivity contribution < 1.29 is 0 Å². The van der Waals surface area contributed by atoms with Crippen LogP contribution in [0.1, 0.15) is 24.1 Å². The van der Waals surface area contributed by atoms with E-state index in [1.54, 1.807) is 6.20 Å². The summed E-state index contributed by atoms with van der Waals surface area (Å²) in [6.07, 6.45) is 5.50. The van der Waals surface area contributed by atoms with E-state index in [1.807, 2.05) is 17.4 Å². The van der Waals surface area contributed by atoms with Gasteiger partial charge in [-0.1, -0.05) is 6.42 Å². The van der Waals surface area contributed by atoms with E-state index in [0.29, 0.717) is 6.04 Å². The smallest absolute Gasteiger partial charge is 0.0749 e. The van der Waals surface area contributed by atoms with Crippen LogP contribution in [-0.2, 0) is 6.54 Å². The van der Waals surface area contributed by atoms with Gasteiger partial charge in [-0.2, -0.15) is 5.10 Å². The molecule has 0 amide bonds. The second-order valence-electron chi connectivity index (χ2n) is 5.23. The van der Waals surface area contributed by atoms with E-state index >= 15 is 0 Å². The zero-order valence-corrected chi connectivity index (χ0v) is 11.8. The molecule has 0 spiro atoms. The molecule has 0 bridgehead atoms. The Kier molecular flexibility index (Phi) is 3.96. The van der Waals surface area contributed by atoms with Crippen LogP contribution in [0.3, 0.4) is 0 Å². The molecule has 19 heavy (non-hydrogen) atoms. The Balaban J connectivity index is 1.66. The summed E-state index contributed by atoms with van der Waals surface area (Å²) in [6, 6.07) is 6.74. The summed E-state index contributed by atoms with van der Waals surface area (Å²) >= 11 is 1.84. The van der Waals surface area contributed by atoms with Gasteiger partial charge in [-0.3, -0.25) is 10.00 Å². The van der Waals surface area contributed by atoms with Crippen molar-refractivity contribution in [1.29, 1.82) is 0 Å². The average Bonchev–Trinajstić information content (AvgIpc) is 3.01. The van der Waals surface area contributed by atoms with Gasteiger partial charge < -0.3 is 5.73 Å². The molecule has 0 unspecified atom stereocenters. The minimum absolute atomic E-state index is 0.342. The van der Waals surface area contributed by atoms with Crippen molar-refractivity contribution in [1.82, 2.24) is 15.1 Å². The van der Waals surface area contributed by atoms with Crippen LogP contribution in [0.15, 0.2) is 24.4 Å². The van der Waals surface area contributed by atoms with E-state index in [-0.39, 0.29) is 0 Å². The molecule has 1 saturated heterocycles. The molecular weight excluding hydrogens is 256 g/mol. The number of hydrogen-bond acceptors (Lipinski definition) is 4. The number of aromatic nitrogens is 2. The fourth-order valence-corrected chi connectivity index (χ4v) is 3.65. The van der Waals surface area contributed by atoms with Crippen molar-refractivity contribution in [2.24, 2.45) is 5.73 Å². The number of likely N-dealkylation sites (tertiary alicyclic amines) is 1. The van der Waals surface area contributed by atoms with E-state index in [2.05, 4.69) is 27.2 Å². The zero-order valence-electron chi connectivity index (χ0n) is 11.0. The molecule has 5 heteroatoms. The van der Waals surface area contributed by atoms with Crippen molar-refractivity contribution in [3.8, 4) is 10.6 Å². The summed E-state index contributed by atoms with van der Waals surface area (Å²) in [6.45, 7) is 3.22. The van der Waals surface area contributed by atoms with Crippen LogP contribution < -0.4 is 5.73 Å². The first-order valence-corrected chi connectivity index (χ1v) is 7.69. The number of nitrogens with one attached hydrogen (secondary N) is 1. The second-order valence-corrected chi connectivity index (χ2v) is 6.40. The lowest BCUT2D eigenvalue weighted by Gasteiger charge is -2.21. The number of H-pyrrole nitrogens is 1. The van der Waals surface area contributed by atoms with Crippen LogP contribution in [0.25, 0.3) is 10.6 Å². The molecule has 0 aliphatic carbocycles. The predicted octanol–water partition coefficient (Wildman–Crippen LogP) is 2.45. The average molecular weight is 276 g/mol. The van der Waals surface area contributed by atoms with Gasteiger partial charge in [0.2, 0.25) is 0 Å². The molecule has 0 saturated carbocycles. The number of thiophene rings is 1. The normalized spacial score (nSPS) is 21.4. The Morgan fingerprint density at radius 2 is 2.32 bits per heavy atom. The van der Waals surface area contributed by atoms with Crippen molar-refractivity contribution in [3.05, 3.63) is 29.3 Å². The van der Waals surface area contributed by atoms with Gasteiger partial charge in [-0.15, -0.1) is 11.3 Å². The molecule has 2 aromatic rings. The third kappa shape index (κ3) is 3.23. The number of aromatic amines is 1. The summed E-state index contributed by atoms with van der Waals surface area (Å²) in [5, 5.41) is 7.01. The van der Waals surface area contributed by atoms with Gasteiger partial charge in [0.1, 0.15) is 0 Å². The van der Waals surface area contributed by atoms with Crippen molar-refractivity contribution in [2.45, 2.75) is 31.8 Å². The zero-order chi connectivity index (χ0) is 13.1. The van der Waals surface area contributed by atoms with Gasteiger partial charge in [0, 0.05) is 30.2 Å². The fourth-order valence-electron chi connectivity index (χ4n) is 2.62. The minimum Gasteiger partial charge on any atom is -0.327 e. The van der Waals surface area contributed by atoms with Gasteiger partial charge >= 0.3 is 0 Å². The molecular formula is C14H20N4S. The maximum Gasteiger partial charge on any atom is 0.0749 e. The topological polar surface area (TPSA) is 57.9 Å². The van der Waals surface area contributed by atoms with Crippen LogP contribution in [0.2, 0.25) is 0 Å². The summed E-state index contributed by atoms with van der Waals surface area (Å²) in [4.78, 5) is 5.14. The van der Waals surface area contributed by atoms with Gasteiger partial charge in [0.05, 0.1) is 10.6 Å². The molecule has 1 aliphatic heterocycles.